The standard InChI is InChI=1S/C25H27N3O2/c1-25(2,3)22(18-13-11-17(12-14-18)16-9-10-16)28-24(30)20-15-21(29)27-23(26-20)19-7-5-4-6-8-19/h4-8,11-16,22H,9-10H2,1-3H3,(H,28,30)(H,26,27,29)/t22-/m0/s1. The largest absolute Gasteiger partial charge is 0.343 e. The first kappa shape index (κ1) is 20.1. The highest BCUT2D eigenvalue weighted by molar-refractivity contribution is 5.93. The van der Waals surface area contributed by atoms with Gasteiger partial charge in [0.05, 0.1) is 6.04 Å². The van der Waals surface area contributed by atoms with Crippen molar-refractivity contribution in [3.63, 3.8) is 0 Å². The monoisotopic (exact) mass is 401 g/mol. The smallest absolute Gasteiger partial charge is 0.270 e. The molecule has 1 fully saturated rings. The first-order valence-electron chi connectivity index (χ1n) is 10.4. The van der Waals surface area contributed by atoms with E-state index in [-0.39, 0.29) is 28.6 Å². The van der Waals surface area contributed by atoms with E-state index < -0.39 is 0 Å². The van der Waals surface area contributed by atoms with Gasteiger partial charge in [0.1, 0.15) is 11.5 Å². The van der Waals surface area contributed by atoms with Crippen LogP contribution >= 0.6 is 0 Å². The molecule has 30 heavy (non-hydrogen) atoms. The van der Waals surface area contributed by atoms with Crippen LogP contribution in [-0.2, 0) is 0 Å². The quantitative estimate of drug-likeness (QED) is 0.643. The zero-order valence-corrected chi connectivity index (χ0v) is 17.6. The molecule has 4 rings (SSSR count). The van der Waals surface area contributed by atoms with Crippen molar-refractivity contribution in [2.45, 2.75) is 45.6 Å². The fourth-order valence-electron chi connectivity index (χ4n) is 3.69. The zero-order valence-electron chi connectivity index (χ0n) is 17.6. The zero-order chi connectivity index (χ0) is 21.3. The summed E-state index contributed by atoms with van der Waals surface area (Å²) in [4.78, 5) is 32.4. The Labute approximate surface area is 176 Å². The van der Waals surface area contributed by atoms with Crippen molar-refractivity contribution < 1.29 is 4.79 Å². The Bertz CT molecular complexity index is 1090. The van der Waals surface area contributed by atoms with E-state index in [0.717, 1.165) is 11.1 Å². The van der Waals surface area contributed by atoms with E-state index in [9.17, 15) is 9.59 Å². The summed E-state index contributed by atoms with van der Waals surface area (Å²) in [5, 5.41) is 3.11. The molecule has 5 nitrogen and oxygen atoms in total. The van der Waals surface area contributed by atoms with Crippen molar-refractivity contribution >= 4 is 5.91 Å². The SMILES string of the molecule is CC(C)(C)[C@@H](NC(=O)c1cc(=O)[nH]c(-c2ccccc2)n1)c1ccc(C2CC2)cc1. The molecule has 154 valence electrons. The van der Waals surface area contributed by atoms with Crippen molar-refractivity contribution in [3.8, 4) is 11.4 Å². The molecule has 2 aromatic carbocycles. The summed E-state index contributed by atoms with van der Waals surface area (Å²) in [5.41, 5.74) is 2.72. The molecule has 0 unspecified atom stereocenters. The lowest BCUT2D eigenvalue weighted by Gasteiger charge is -2.32. The minimum absolute atomic E-state index is 0.112. The Morgan fingerprint density at radius 1 is 1.07 bits per heavy atom. The number of hydrogen-bond donors (Lipinski definition) is 2. The highest BCUT2D eigenvalue weighted by atomic mass is 16.2. The number of hydrogen-bond acceptors (Lipinski definition) is 3. The highest BCUT2D eigenvalue weighted by Gasteiger charge is 2.30. The summed E-state index contributed by atoms with van der Waals surface area (Å²) in [6, 6.07) is 18.9. The van der Waals surface area contributed by atoms with Gasteiger partial charge in [-0.15, -0.1) is 0 Å². The molecule has 0 bridgehead atoms. The van der Waals surface area contributed by atoms with Crippen LogP contribution < -0.4 is 10.9 Å². The predicted molar refractivity (Wildman–Crippen MR) is 118 cm³/mol. The van der Waals surface area contributed by atoms with Gasteiger partial charge in [0, 0.05) is 11.6 Å². The molecule has 1 aliphatic rings. The average Bonchev–Trinajstić information content (AvgIpc) is 3.57. The topological polar surface area (TPSA) is 74.8 Å². The second kappa shape index (κ2) is 7.90. The van der Waals surface area contributed by atoms with Gasteiger partial charge < -0.3 is 10.3 Å². The number of benzene rings is 2. The molecular formula is C25H27N3O2. The molecule has 1 aromatic heterocycles. The first-order chi connectivity index (χ1) is 14.3. The summed E-state index contributed by atoms with van der Waals surface area (Å²) >= 11 is 0. The summed E-state index contributed by atoms with van der Waals surface area (Å²) in [5.74, 6) is 0.720. The summed E-state index contributed by atoms with van der Waals surface area (Å²) in [6.45, 7) is 6.27. The third-order valence-corrected chi connectivity index (χ3v) is 5.48. The number of rotatable bonds is 5. The van der Waals surface area contributed by atoms with Crippen molar-refractivity contribution in [2.24, 2.45) is 5.41 Å². The van der Waals surface area contributed by atoms with Crippen LogP contribution in [0.2, 0.25) is 0 Å². The number of carbonyl (C=O) groups excluding carboxylic acids is 1. The Kier molecular flexibility index (Phi) is 5.29. The van der Waals surface area contributed by atoms with Crippen LogP contribution in [0.4, 0.5) is 0 Å². The molecule has 0 aliphatic heterocycles. The van der Waals surface area contributed by atoms with Gasteiger partial charge >= 0.3 is 0 Å². The summed E-state index contributed by atoms with van der Waals surface area (Å²) in [6.07, 6.45) is 2.52. The van der Waals surface area contributed by atoms with Crippen molar-refractivity contribution in [2.75, 3.05) is 0 Å². The molecule has 5 heteroatoms. The maximum atomic E-state index is 13.1. The van der Waals surface area contributed by atoms with Crippen LogP contribution in [0, 0.1) is 5.41 Å². The molecule has 1 amide bonds. The third kappa shape index (κ3) is 4.51. The molecular weight excluding hydrogens is 374 g/mol. The Morgan fingerprint density at radius 2 is 1.73 bits per heavy atom. The van der Waals surface area contributed by atoms with E-state index in [1.165, 1.54) is 24.5 Å². The third-order valence-electron chi connectivity index (χ3n) is 5.48. The van der Waals surface area contributed by atoms with Gasteiger partial charge in [0.2, 0.25) is 0 Å². The number of carbonyl (C=O) groups is 1. The summed E-state index contributed by atoms with van der Waals surface area (Å²) < 4.78 is 0. The molecule has 0 radical (unpaired) electrons. The van der Waals surface area contributed by atoms with Gasteiger partial charge in [-0.3, -0.25) is 9.59 Å². The number of H-pyrrole nitrogens is 1. The molecule has 3 aromatic rings. The van der Waals surface area contributed by atoms with E-state index in [0.29, 0.717) is 11.7 Å². The normalized spacial score (nSPS) is 14.9. The van der Waals surface area contributed by atoms with Gasteiger partial charge in [-0.25, -0.2) is 4.98 Å². The van der Waals surface area contributed by atoms with Crippen LogP contribution in [0.1, 0.15) is 67.2 Å². The second-order valence-electron chi connectivity index (χ2n) is 9.06. The number of aromatic amines is 1. The van der Waals surface area contributed by atoms with Gasteiger partial charge in [0.15, 0.2) is 0 Å². The van der Waals surface area contributed by atoms with Crippen LogP contribution in [0.5, 0.6) is 0 Å². The van der Waals surface area contributed by atoms with Gasteiger partial charge in [-0.1, -0.05) is 75.4 Å². The fraction of sp³-hybridized carbons (Fsp3) is 0.320. The average molecular weight is 402 g/mol. The van der Waals surface area contributed by atoms with Crippen molar-refractivity contribution in [1.29, 1.82) is 0 Å². The van der Waals surface area contributed by atoms with E-state index >= 15 is 0 Å². The van der Waals surface area contributed by atoms with Gasteiger partial charge in [-0.05, 0) is 35.3 Å². The number of nitrogens with zero attached hydrogens (tertiary/aromatic N) is 1. The lowest BCUT2D eigenvalue weighted by molar-refractivity contribution is 0.0896. The molecule has 1 heterocycles. The molecule has 1 aliphatic carbocycles. The van der Waals surface area contributed by atoms with Gasteiger partial charge in [0.25, 0.3) is 11.5 Å². The highest BCUT2D eigenvalue weighted by Crippen LogP contribution is 2.41. The van der Waals surface area contributed by atoms with Crippen LogP contribution in [0.3, 0.4) is 0 Å². The Balaban J connectivity index is 1.61. The number of aromatic nitrogens is 2. The lowest BCUT2D eigenvalue weighted by atomic mass is 9.82. The molecule has 1 atom stereocenters. The first-order valence-corrected chi connectivity index (χ1v) is 10.4. The second-order valence-corrected chi connectivity index (χ2v) is 9.06. The van der Waals surface area contributed by atoms with Crippen LogP contribution in [-0.4, -0.2) is 15.9 Å². The number of nitrogens with one attached hydrogen (secondary N) is 2. The maximum absolute atomic E-state index is 13.1. The van der Waals surface area contributed by atoms with Crippen molar-refractivity contribution in [1.82, 2.24) is 15.3 Å². The predicted octanol–water partition coefficient (Wildman–Crippen LogP) is 4.83. The molecule has 0 spiro atoms. The Morgan fingerprint density at radius 3 is 2.33 bits per heavy atom. The minimum atomic E-state index is -0.357. The molecule has 2 N–H and O–H groups in total. The molecule has 0 saturated heterocycles. The maximum Gasteiger partial charge on any atom is 0.270 e. The van der Waals surface area contributed by atoms with E-state index in [4.69, 9.17) is 0 Å². The fourth-order valence-corrected chi connectivity index (χ4v) is 3.69. The minimum Gasteiger partial charge on any atom is -0.343 e. The van der Waals surface area contributed by atoms with Crippen LogP contribution in [0.25, 0.3) is 11.4 Å². The van der Waals surface area contributed by atoms with Crippen molar-refractivity contribution in [3.05, 3.63) is 87.8 Å². The van der Waals surface area contributed by atoms with Crippen LogP contribution in [0.15, 0.2) is 65.5 Å². The van der Waals surface area contributed by atoms with E-state index in [2.05, 4.69) is 60.3 Å². The van der Waals surface area contributed by atoms with Gasteiger partial charge in [-0.2, -0.15) is 0 Å². The Hall–Kier alpha value is -3.21. The summed E-state index contributed by atoms with van der Waals surface area (Å²) in [7, 11) is 0. The van der Waals surface area contributed by atoms with E-state index in [1.54, 1.807) is 0 Å². The van der Waals surface area contributed by atoms with E-state index in [1.807, 2.05) is 30.3 Å². The molecule has 1 saturated carbocycles. The lowest BCUT2D eigenvalue weighted by Crippen LogP contribution is -2.37. The number of amides is 1.